The molecule has 1 aliphatic rings. The summed E-state index contributed by atoms with van der Waals surface area (Å²) >= 11 is 11.5. The van der Waals surface area contributed by atoms with E-state index in [4.69, 9.17) is 11.6 Å². The lowest BCUT2D eigenvalue weighted by Gasteiger charge is -2.25. The maximum absolute atomic E-state index is 5.88. The molecule has 1 aliphatic carbocycles. The Hall–Kier alpha value is 0.340. The second-order valence-corrected chi connectivity index (χ2v) is 6.63. The van der Waals surface area contributed by atoms with Gasteiger partial charge in [0.05, 0.1) is 0 Å². The minimum absolute atomic E-state index is 0.532. The van der Waals surface area contributed by atoms with E-state index >= 15 is 0 Å². The Bertz CT molecular complexity index is 330. The van der Waals surface area contributed by atoms with Crippen LogP contribution in [0.3, 0.4) is 0 Å². The lowest BCUT2D eigenvalue weighted by molar-refractivity contribution is 0.405. The fourth-order valence-corrected chi connectivity index (χ4v) is 4.55. The van der Waals surface area contributed by atoms with E-state index < -0.39 is 0 Å². The highest BCUT2D eigenvalue weighted by atomic mass is 79.9. The van der Waals surface area contributed by atoms with Crippen molar-refractivity contribution in [3.8, 4) is 0 Å². The Balaban J connectivity index is 1.93. The molecule has 0 aliphatic heterocycles. The molecular weight excluding hydrogens is 304 g/mol. The average Bonchev–Trinajstić information content (AvgIpc) is 2.78. The van der Waals surface area contributed by atoms with Crippen molar-refractivity contribution < 1.29 is 0 Å². The number of halogens is 2. The van der Waals surface area contributed by atoms with Gasteiger partial charge >= 0.3 is 0 Å². The van der Waals surface area contributed by atoms with Crippen LogP contribution in [0.2, 0.25) is 5.02 Å². The first-order valence-electron chi connectivity index (χ1n) is 5.68. The summed E-state index contributed by atoms with van der Waals surface area (Å²) in [7, 11) is 0. The molecule has 1 aromatic carbocycles. The fourth-order valence-electron chi connectivity index (χ4n) is 2.21. The number of hydrogen-bond donors (Lipinski definition) is 0. The van der Waals surface area contributed by atoms with Crippen LogP contribution in [0.15, 0.2) is 29.2 Å². The molecule has 0 radical (unpaired) electrons. The summed E-state index contributed by atoms with van der Waals surface area (Å²) in [5.41, 5.74) is 0.532. The first kappa shape index (κ1) is 12.8. The summed E-state index contributed by atoms with van der Waals surface area (Å²) in [6.07, 6.45) is 5.54. The Morgan fingerprint density at radius 1 is 1.19 bits per heavy atom. The van der Waals surface area contributed by atoms with Crippen LogP contribution in [-0.4, -0.2) is 11.1 Å². The van der Waals surface area contributed by atoms with Crippen molar-refractivity contribution in [2.45, 2.75) is 30.6 Å². The minimum atomic E-state index is 0.532. The lowest BCUT2D eigenvalue weighted by Crippen LogP contribution is -2.21. The predicted octanol–water partition coefficient (Wildman–Crippen LogP) is 5.39. The zero-order valence-electron chi connectivity index (χ0n) is 9.22. The van der Waals surface area contributed by atoms with Gasteiger partial charge in [0.25, 0.3) is 0 Å². The third kappa shape index (κ3) is 3.18. The van der Waals surface area contributed by atoms with Crippen molar-refractivity contribution in [3.05, 3.63) is 29.3 Å². The molecule has 1 saturated carbocycles. The van der Waals surface area contributed by atoms with E-state index in [0.717, 1.165) is 10.4 Å². The monoisotopic (exact) mass is 318 g/mol. The van der Waals surface area contributed by atoms with Crippen molar-refractivity contribution >= 4 is 39.3 Å². The maximum atomic E-state index is 5.88. The third-order valence-corrected chi connectivity index (χ3v) is 6.11. The summed E-state index contributed by atoms with van der Waals surface area (Å²) in [6, 6.07) is 8.17. The second kappa shape index (κ2) is 5.79. The van der Waals surface area contributed by atoms with Crippen molar-refractivity contribution in [1.29, 1.82) is 0 Å². The van der Waals surface area contributed by atoms with Crippen LogP contribution in [0.25, 0.3) is 0 Å². The zero-order chi connectivity index (χ0) is 11.4. The molecule has 88 valence electrons. The van der Waals surface area contributed by atoms with Gasteiger partial charge in [-0.2, -0.15) is 0 Å². The summed E-state index contributed by atoms with van der Waals surface area (Å²) in [6.45, 7) is 0. The fraction of sp³-hybridized carbons (Fsp3) is 0.538. The van der Waals surface area contributed by atoms with Gasteiger partial charge in [0, 0.05) is 21.0 Å². The van der Waals surface area contributed by atoms with E-state index in [0.29, 0.717) is 5.41 Å². The molecule has 1 fully saturated rings. The van der Waals surface area contributed by atoms with Crippen LogP contribution in [0.5, 0.6) is 0 Å². The molecule has 0 unspecified atom stereocenters. The maximum Gasteiger partial charge on any atom is 0.0406 e. The molecule has 0 nitrogen and oxygen atoms in total. The Morgan fingerprint density at radius 2 is 1.81 bits per heavy atom. The normalized spacial score (nSPS) is 18.9. The highest BCUT2D eigenvalue weighted by Crippen LogP contribution is 2.43. The van der Waals surface area contributed by atoms with E-state index in [-0.39, 0.29) is 0 Å². The van der Waals surface area contributed by atoms with Crippen molar-refractivity contribution in [2.24, 2.45) is 5.41 Å². The topological polar surface area (TPSA) is 0 Å². The molecule has 0 atom stereocenters. The number of benzene rings is 1. The van der Waals surface area contributed by atoms with Crippen LogP contribution < -0.4 is 0 Å². The quantitative estimate of drug-likeness (QED) is 0.530. The van der Waals surface area contributed by atoms with Crippen LogP contribution >= 0.6 is 39.3 Å². The van der Waals surface area contributed by atoms with Crippen LogP contribution in [0.1, 0.15) is 25.7 Å². The largest absolute Gasteiger partial charge is 0.126 e. The van der Waals surface area contributed by atoms with Gasteiger partial charge in [-0.3, -0.25) is 0 Å². The molecule has 0 aromatic heterocycles. The number of thioether (sulfide) groups is 1. The van der Waals surface area contributed by atoms with E-state index in [1.165, 1.54) is 36.3 Å². The molecule has 1 aromatic rings. The van der Waals surface area contributed by atoms with Crippen LogP contribution in [0.4, 0.5) is 0 Å². The first-order valence-corrected chi connectivity index (χ1v) is 8.17. The summed E-state index contributed by atoms with van der Waals surface area (Å²) in [5, 5.41) is 1.96. The third-order valence-electron chi connectivity index (χ3n) is 3.31. The first-order chi connectivity index (χ1) is 7.74. The zero-order valence-corrected chi connectivity index (χ0v) is 12.4. The van der Waals surface area contributed by atoms with Gasteiger partial charge in [0.2, 0.25) is 0 Å². The SMILES string of the molecule is Clc1ccc(SCC2(CBr)CCCC2)cc1. The highest BCUT2D eigenvalue weighted by molar-refractivity contribution is 9.09. The van der Waals surface area contributed by atoms with Crippen molar-refractivity contribution in [2.75, 3.05) is 11.1 Å². The van der Waals surface area contributed by atoms with Gasteiger partial charge in [-0.1, -0.05) is 40.4 Å². The Kier molecular flexibility index (Phi) is 4.63. The smallest absolute Gasteiger partial charge is 0.0406 e. The predicted molar refractivity (Wildman–Crippen MR) is 76.9 cm³/mol. The van der Waals surface area contributed by atoms with E-state index in [1.807, 2.05) is 23.9 Å². The van der Waals surface area contributed by atoms with Gasteiger partial charge in [-0.15, -0.1) is 11.8 Å². The molecule has 0 N–H and O–H groups in total. The van der Waals surface area contributed by atoms with Gasteiger partial charge in [-0.25, -0.2) is 0 Å². The second-order valence-electron chi connectivity index (χ2n) is 4.58. The standard InChI is InChI=1S/C13H16BrClS/c14-9-13(7-1-2-8-13)10-16-12-5-3-11(15)4-6-12/h3-6H,1-2,7-10H2. The molecule has 2 rings (SSSR count). The van der Waals surface area contributed by atoms with E-state index in [2.05, 4.69) is 28.1 Å². The lowest BCUT2D eigenvalue weighted by atomic mass is 9.92. The molecule has 0 heterocycles. The highest BCUT2D eigenvalue weighted by Gasteiger charge is 2.32. The molecular formula is C13H16BrClS. The Labute approximate surface area is 115 Å². The molecule has 0 amide bonds. The minimum Gasteiger partial charge on any atom is -0.126 e. The molecule has 0 bridgehead atoms. The molecule has 0 spiro atoms. The summed E-state index contributed by atoms with van der Waals surface area (Å²) in [4.78, 5) is 1.33. The summed E-state index contributed by atoms with van der Waals surface area (Å²) in [5.74, 6) is 1.22. The van der Waals surface area contributed by atoms with Crippen LogP contribution in [-0.2, 0) is 0 Å². The summed E-state index contributed by atoms with van der Waals surface area (Å²) < 4.78 is 0. The number of hydrogen-bond acceptors (Lipinski definition) is 1. The van der Waals surface area contributed by atoms with Gasteiger partial charge in [-0.05, 0) is 42.5 Å². The van der Waals surface area contributed by atoms with E-state index in [1.54, 1.807) is 0 Å². The van der Waals surface area contributed by atoms with Crippen LogP contribution in [0, 0.1) is 5.41 Å². The van der Waals surface area contributed by atoms with Gasteiger partial charge in [0.15, 0.2) is 0 Å². The molecule has 16 heavy (non-hydrogen) atoms. The number of alkyl halides is 1. The van der Waals surface area contributed by atoms with E-state index in [9.17, 15) is 0 Å². The molecule has 3 heteroatoms. The Morgan fingerprint density at radius 3 is 2.38 bits per heavy atom. The van der Waals surface area contributed by atoms with Gasteiger partial charge in [0.1, 0.15) is 0 Å². The van der Waals surface area contributed by atoms with Gasteiger partial charge < -0.3 is 0 Å². The average molecular weight is 320 g/mol. The van der Waals surface area contributed by atoms with Crippen molar-refractivity contribution in [3.63, 3.8) is 0 Å². The van der Waals surface area contributed by atoms with Crippen molar-refractivity contribution in [1.82, 2.24) is 0 Å². The number of rotatable bonds is 4. The molecule has 0 saturated heterocycles.